The van der Waals surface area contributed by atoms with E-state index in [0.29, 0.717) is 13.2 Å². The second kappa shape index (κ2) is 9.28. The van der Waals surface area contributed by atoms with Crippen molar-refractivity contribution < 1.29 is 14.0 Å². The van der Waals surface area contributed by atoms with Gasteiger partial charge in [-0.1, -0.05) is 13.3 Å². The van der Waals surface area contributed by atoms with E-state index >= 15 is 0 Å². The van der Waals surface area contributed by atoms with Crippen molar-refractivity contribution in [2.45, 2.75) is 40.5 Å². The van der Waals surface area contributed by atoms with Crippen LogP contribution in [0.2, 0.25) is 0 Å². The Morgan fingerprint density at radius 2 is 1.71 bits per heavy atom. The molecule has 0 aromatic heterocycles. The standard InChI is InChI=1S/C13H28N2O2/c1-5-9-10-14-13(16)17-12-11-15(6-2,7-3)8-4/h5-12H2,1-4H3/p+1. The van der Waals surface area contributed by atoms with Crippen LogP contribution in [0.5, 0.6) is 0 Å². The number of quaternary nitrogens is 1. The van der Waals surface area contributed by atoms with E-state index < -0.39 is 0 Å². The summed E-state index contributed by atoms with van der Waals surface area (Å²) in [6, 6.07) is 0. The molecule has 0 bridgehead atoms. The van der Waals surface area contributed by atoms with Crippen LogP contribution in [-0.4, -0.2) is 49.9 Å². The lowest BCUT2D eigenvalue weighted by Crippen LogP contribution is -2.50. The van der Waals surface area contributed by atoms with Crippen LogP contribution in [0.3, 0.4) is 0 Å². The van der Waals surface area contributed by atoms with Crippen molar-refractivity contribution in [1.29, 1.82) is 0 Å². The van der Waals surface area contributed by atoms with E-state index in [2.05, 4.69) is 33.0 Å². The minimum Gasteiger partial charge on any atom is -0.444 e. The molecule has 4 heteroatoms. The molecule has 0 aliphatic rings. The van der Waals surface area contributed by atoms with E-state index in [4.69, 9.17) is 4.74 Å². The lowest BCUT2D eigenvalue weighted by atomic mass is 10.3. The van der Waals surface area contributed by atoms with Crippen LogP contribution in [0.4, 0.5) is 4.79 Å². The molecular formula is C13H29N2O2+. The van der Waals surface area contributed by atoms with E-state index in [0.717, 1.165) is 43.5 Å². The second-order valence-electron chi connectivity index (χ2n) is 4.43. The van der Waals surface area contributed by atoms with Gasteiger partial charge in [0.05, 0.1) is 19.6 Å². The molecule has 17 heavy (non-hydrogen) atoms. The molecule has 0 aromatic carbocycles. The normalized spacial score (nSPS) is 11.3. The highest BCUT2D eigenvalue weighted by Gasteiger charge is 2.20. The van der Waals surface area contributed by atoms with Gasteiger partial charge < -0.3 is 14.5 Å². The molecular weight excluding hydrogens is 216 g/mol. The minimum absolute atomic E-state index is 0.278. The zero-order chi connectivity index (χ0) is 13.1. The lowest BCUT2D eigenvalue weighted by Gasteiger charge is -2.35. The van der Waals surface area contributed by atoms with Gasteiger partial charge in [-0.2, -0.15) is 0 Å². The number of carbonyl (C=O) groups excluding carboxylic acids is 1. The molecule has 4 nitrogen and oxygen atoms in total. The first-order valence-corrected chi connectivity index (χ1v) is 6.89. The zero-order valence-corrected chi connectivity index (χ0v) is 11.9. The molecule has 0 saturated heterocycles. The minimum atomic E-state index is -0.278. The fraction of sp³-hybridized carbons (Fsp3) is 0.923. The molecule has 0 aliphatic carbocycles. The number of alkyl carbamates (subject to hydrolysis) is 1. The molecule has 0 fully saturated rings. The number of rotatable bonds is 9. The van der Waals surface area contributed by atoms with Gasteiger partial charge in [0.2, 0.25) is 0 Å². The number of ether oxygens (including phenoxy) is 1. The van der Waals surface area contributed by atoms with Crippen LogP contribution in [-0.2, 0) is 4.74 Å². The van der Waals surface area contributed by atoms with Crippen molar-refractivity contribution in [3.8, 4) is 0 Å². The Morgan fingerprint density at radius 1 is 1.12 bits per heavy atom. The third-order valence-electron chi connectivity index (χ3n) is 3.61. The van der Waals surface area contributed by atoms with Crippen LogP contribution >= 0.6 is 0 Å². The first kappa shape index (κ1) is 16.2. The molecule has 0 heterocycles. The number of likely N-dealkylation sites (N-methyl/N-ethyl adjacent to an activating group) is 1. The highest BCUT2D eigenvalue weighted by Crippen LogP contribution is 2.05. The van der Waals surface area contributed by atoms with Gasteiger partial charge in [-0.05, 0) is 27.2 Å². The maximum Gasteiger partial charge on any atom is 0.407 e. The van der Waals surface area contributed by atoms with E-state index in [1.165, 1.54) is 0 Å². The van der Waals surface area contributed by atoms with Gasteiger partial charge in [0.25, 0.3) is 0 Å². The zero-order valence-electron chi connectivity index (χ0n) is 11.9. The van der Waals surface area contributed by atoms with Gasteiger partial charge in [0.15, 0.2) is 0 Å². The van der Waals surface area contributed by atoms with Gasteiger partial charge in [0.1, 0.15) is 13.2 Å². The number of nitrogens with one attached hydrogen (secondary N) is 1. The van der Waals surface area contributed by atoms with E-state index in [-0.39, 0.29) is 6.09 Å². The third-order valence-corrected chi connectivity index (χ3v) is 3.61. The van der Waals surface area contributed by atoms with Crippen molar-refractivity contribution in [1.82, 2.24) is 5.32 Å². The van der Waals surface area contributed by atoms with E-state index in [1.807, 2.05) is 0 Å². The number of hydrogen-bond donors (Lipinski definition) is 1. The molecule has 0 atom stereocenters. The molecule has 0 rings (SSSR count). The third kappa shape index (κ3) is 6.51. The summed E-state index contributed by atoms with van der Waals surface area (Å²) in [5.41, 5.74) is 0. The smallest absolute Gasteiger partial charge is 0.407 e. The lowest BCUT2D eigenvalue weighted by molar-refractivity contribution is -0.923. The summed E-state index contributed by atoms with van der Waals surface area (Å²) in [5.74, 6) is 0. The first-order chi connectivity index (χ1) is 8.14. The average molecular weight is 245 g/mol. The summed E-state index contributed by atoms with van der Waals surface area (Å²) >= 11 is 0. The average Bonchev–Trinajstić information content (AvgIpc) is 2.36. The SMILES string of the molecule is CCCCNC(=O)OCC[N+](CC)(CC)CC. The van der Waals surface area contributed by atoms with E-state index in [1.54, 1.807) is 0 Å². The van der Waals surface area contributed by atoms with Gasteiger partial charge in [0, 0.05) is 6.54 Å². The van der Waals surface area contributed by atoms with Crippen molar-refractivity contribution in [3.05, 3.63) is 0 Å². The molecule has 0 aliphatic heterocycles. The predicted octanol–water partition coefficient (Wildman–Crippen LogP) is 2.39. The maximum absolute atomic E-state index is 11.3. The van der Waals surface area contributed by atoms with Crippen LogP contribution in [0.25, 0.3) is 0 Å². The maximum atomic E-state index is 11.3. The summed E-state index contributed by atoms with van der Waals surface area (Å²) in [4.78, 5) is 11.3. The number of unbranched alkanes of at least 4 members (excludes halogenated alkanes) is 1. The van der Waals surface area contributed by atoms with Crippen LogP contribution < -0.4 is 5.32 Å². The molecule has 102 valence electrons. The number of amides is 1. The molecule has 0 spiro atoms. The summed E-state index contributed by atoms with van der Waals surface area (Å²) in [6.45, 7) is 14.1. The van der Waals surface area contributed by atoms with Gasteiger partial charge in [-0.3, -0.25) is 0 Å². The molecule has 0 saturated carbocycles. The van der Waals surface area contributed by atoms with Crippen LogP contribution in [0, 0.1) is 0 Å². The Morgan fingerprint density at radius 3 is 2.18 bits per heavy atom. The van der Waals surface area contributed by atoms with Crippen molar-refractivity contribution >= 4 is 6.09 Å². The summed E-state index contributed by atoms with van der Waals surface area (Å²) < 4.78 is 6.20. The highest BCUT2D eigenvalue weighted by atomic mass is 16.5. The fourth-order valence-corrected chi connectivity index (χ4v) is 1.90. The van der Waals surface area contributed by atoms with Gasteiger partial charge >= 0.3 is 6.09 Å². The topological polar surface area (TPSA) is 38.3 Å². The highest BCUT2D eigenvalue weighted by molar-refractivity contribution is 5.66. The molecule has 1 N–H and O–H groups in total. The quantitative estimate of drug-likeness (QED) is 0.500. The Kier molecular flexibility index (Phi) is 8.86. The molecule has 0 aromatic rings. The monoisotopic (exact) mass is 245 g/mol. The molecule has 0 radical (unpaired) electrons. The predicted molar refractivity (Wildman–Crippen MR) is 71.0 cm³/mol. The first-order valence-electron chi connectivity index (χ1n) is 6.89. The number of hydrogen-bond acceptors (Lipinski definition) is 2. The van der Waals surface area contributed by atoms with Crippen LogP contribution in [0.15, 0.2) is 0 Å². The van der Waals surface area contributed by atoms with Gasteiger partial charge in [-0.15, -0.1) is 0 Å². The van der Waals surface area contributed by atoms with Crippen molar-refractivity contribution in [2.24, 2.45) is 0 Å². The van der Waals surface area contributed by atoms with Crippen LogP contribution in [0.1, 0.15) is 40.5 Å². The molecule has 0 unspecified atom stereocenters. The van der Waals surface area contributed by atoms with Gasteiger partial charge in [-0.25, -0.2) is 4.79 Å². The van der Waals surface area contributed by atoms with Crippen molar-refractivity contribution in [2.75, 3.05) is 39.3 Å². The summed E-state index contributed by atoms with van der Waals surface area (Å²) in [5, 5.41) is 2.76. The van der Waals surface area contributed by atoms with E-state index in [9.17, 15) is 4.79 Å². The Hall–Kier alpha value is -0.770. The fourth-order valence-electron chi connectivity index (χ4n) is 1.90. The summed E-state index contributed by atoms with van der Waals surface area (Å²) in [7, 11) is 0. The Labute approximate surface area is 106 Å². The Bertz CT molecular complexity index is 195. The number of nitrogens with zero attached hydrogens (tertiary/aromatic N) is 1. The molecule has 1 amide bonds. The summed E-state index contributed by atoms with van der Waals surface area (Å²) in [6.07, 6.45) is 1.82. The van der Waals surface area contributed by atoms with Crippen molar-refractivity contribution in [3.63, 3.8) is 0 Å². The largest absolute Gasteiger partial charge is 0.444 e. The number of carbonyl (C=O) groups is 1. The second-order valence-corrected chi connectivity index (χ2v) is 4.43. The Balaban J connectivity index is 3.77.